The Morgan fingerprint density at radius 2 is 2.06 bits per heavy atom. The highest BCUT2D eigenvalue weighted by Gasteiger charge is 2.29. The van der Waals surface area contributed by atoms with Gasteiger partial charge in [0.15, 0.2) is 0 Å². The molecule has 0 aliphatic heterocycles. The molecular formula is C11H13F2N3. The molecule has 0 aliphatic rings. The van der Waals surface area contributed by atoms with Gasteiger partial charge in [0.25, 0.3) is 5.92 Å². The van der Waals surface area contributed by atoms with E-state index in [4.69, 9.17) is 5.73 Å². The van der Waals surface area contributed by atoms with Gasteiger partial charge in [0.05, 0.1) is 24.2 Å². The molecule has 0 spiro atoms. The number of hydrogen-bond acceptors (Lipinski definition) is 2. The predicted molar refractivity (Wildman–Crippen MR) is 58.4 cm³/mol. The smallest absolute Gasteiger partial charge is 0.265 e. The molecule has 0 bridgehead atoms. The summed E-state index contributed by atoms with van der Waals surface area (Å²) >= 11 is 0. The number of alkyl halides is 2. The van der Waals surface area contributed by atoms with Crippen LogP contribution in [0.1, 0.15) is 5.69 Å². The van der Waals surface area contributed by atoms with Crippen molar-refractivity contribution in [3.8, 4) is 0 Å². The fourth-order valence-electron chi connectivity index (χ4n) is 1.73. The standard InChI is InChI=1S/C11H13F2N3/c1-16-10(6-11(12,13)7-14)8-4-2-3-5-9(8)15-16/h2-5H,6-7,14H2,1H3. The molecule has 0 radical (unpaired) electrons. The molecule has 0 unspecified atom stereocenters. The van der Waals surface area contributed by atoms with E-state index in [1.807, 2.05) is 12.1 Å². The van der Waals surface area contributed by atoms with Crippen molar-refractivity contribution in [2.75, 3.05) is 6.54 Å². The molecule has 2 N–H and O–H groups in total. The van der Waals surface area contributed by atoms with Gasteiger partial charge in [-0.25, -0.2) is 8.78 Å². The summed E-state index contributed by atoms with van der Waals surface area (Å²) in [4.78, 5) is 0. The Kier molecular flexibility index (Phi) is 2.63. The summed E-state index contributed by atoms with van der Waals surface area (Å²) in [6.45, 7) is -0.646. The van der Waals surface area contributed by atoms with E-state index in [1.54, 1.807) is 19.2 Å². The average molecular weight is 225 g/mol. The van der Waals surface area contributed by atoms with E-state index >= 15 is 0 Å². The zero-order valence-electron chi connectivity index (χ0n) is 8.95. The number of nitrogens with two attached hydrogens (primary N) is 1. The first-order chi connectivity index (χ1) is 7.53. The molecule has 0 atom stereocenters. The molecule has 0 fully saturated rings. The molecule has 16 heavy (non-hydrogen) atoms. The van der Waals surface area contributed by atoms with Crippen molar-refractivity contribution in [3.05, 3.63) is 30.0 Å². The summed E-state index contributed by atoms with van der Waals surface area (Å²) in [6, 6.07) is 7.25. The fourth-order valence-corrected chi connectivity index (χ4v) is 1.73. The molecule has 1 heterocycles. The normalized spacial score (nSPS) is 12.2. The molecule has 2 rings (SSSR count). The number of fused-ring (bicyclic) bond motifs is 1. The van der Waals surface area contributed by atoms with Gasteiger partial charge >= 0.3 is 0 Å². The van der Waals surface area contributed by atoms with Crippen LogP contribution in [0.4, 0.5) is 8.78 Å². The van der Waals surface area contributed by atoms with Gasteiger partial charge in [0.2, 0.25) is 0 Å². The molecular weight excluding hydrogens is 212 g/mol. The molecule has 1 aromatic carbocycles. The zero-order chi connectivity index (χ0) is 11.8. The van der Waals surface area contributed by atoms with Gasteiger partial charge in [-0.1, -0.05) is 18.2 Å². The lowest BCUT2D eigenvalue weighted by Gasteiger charge is -2.13. The minimum atomic E-state index is -2.88. The zero-order valence-corrected chi connectivity index (χ0v) is 8.95. The van der Waals surface area contributed by atoms with Crippen molar-refractivity contribution in [2.24, 2.45) is 12.8 Å². The summed E-state index contributed by atoms with van der Waals surface area (Å²) in [5.74, 6) is -2.88. The molecule has 5 heteroatoms. The number of hydrogen-bond donors (Lipinski definition) is 1. The van der Waals surface area contributed by atoms with Crippen LogP contribution >= 0.6 is 0 Å². The summed E-state index contributed by atoms with van der Waals surface area (Å²) in [5, 5.41) is 4.94. The topological polar surface area (TPSA) is 43.8 Å². The van der Waals surface area contributed by atoms with Crippen molar-refractivity contribution in [2.45, 2.75) is 12.3 Å². The molecule has 2 aromatic rings. The first-order valence-electron chi connectivity index (χ1n) is 5.02. The maximum absolute atomic E-state index is 13.3. The molecule has 1 aromatic heterocycles. The average Bonchev–Trinajstić information content (AvgIpc) is 2.56. The van der Waals surface area contributed by atoms with Crippen molar-refractivity contribution in [1.29, 1.82) is 0 Å². The lowest BCUT2D eigenvalue weighted by Crippen LogP contribution is -2.31. The second-order valence-corrected chi connectivity index (χ2v) is 3.82. The van der Waals surface area contributed by atoms with Gasteiger partial charge in [0, 0.05) is 12.4 Å². The van der Waals surface area contributed by atoms with Crippen LogP contribution in [0.3, 0.4) is 0 Å². The van der Waals surface area contributed by atoms with Crippen LogP contribution in [0.25, 0.3) is 10.9 Å². The van der Waals surface area contributed by atoms with Crippen LogP contribution in [0.15, 0.2) is 24.3 Å². The van der Waals surface area contributed by atoms with E-state index in [1.165, 1.54) is 4.68 Å². The Hall–Kier alpha value is -1.49. The monoisotopic (exact) mass is 225 g/mol. The highest BCUT2D eigenvalue weighted by molar-refractivity contribution is 5.81. The molecule has 0 aliphatic carbocycles. The Labute approximate surface area is 91.9 Å². The maximum atomic E-state index is 13.3. The van der Waals surface area contributed by atoms with E-state index in [2.05, 4.69) is 5.10 Å². The van der Waals surface area contributed by atoms with Crippen LogP contribution in [-0.2, 0) is 13.5 Å². The van der Waals surface area contributed by atoms with Gasteiger partial charge in [0.1, 0.15) is 0 Å². The Bertz CT molecular complexity index is 505. The molecule has 0 amide bonds. The minimum absolute atomic E-state index is 0.374. The number of nitrogens with zero attached hydrogens (tertiary/aromatic N) is 2. The summed E-state index contributed by atoms with van der Waals surface area (Å²) in [5.41, 5.74) is 6.29. The van der Waals surface area contributed by atoms with Gasteiger partial charge in [-0.2, -0.15) is 5.10 Å². The van der Waals surface area contributed by atoms with Crippen LogP contribution in [-0.4, -0.2) is 22.2 Å². The Morgan fingerprint density at radius 3 is 2.75 bits per heavy atom. The second kappa shape index (κ2) is 3.83. The first-order valence-corrected chi connectivity index (χ1v) is 5.02. The quantitative estimate of drug-likeness (QED) is 0.864. The third kappa shape index (κ3) is 1.90. The van der Waals surface area contributed by atoms with Crippen molar-refractivity contribution in [1.82, 2.24) is 9.78 Å². The summed E-state index contributed by atoms with van der Waals surface area (Å²) in [7, 11) is 1.67. The minimum Gasteiger partial charge on any atom is -0.325 e. The third-order valence-electron chi connectivity index (χ3n) is 2.59. The van der Waals surface area contributed by atoms with E-state index in [-0.39, 0.29) is 6.42 Å². The first kappa shape index (κ1) is 11.0. The number of aromatic nitrogens is 2. The number of aryl methyl sites for hydroxylation is 1. The number of benzene rings is 1. The maximum Gasteiger partial charge on any atom is 0.265 e. The largest absolute Gasteiger partial charge is 0.325 e. The molecule has 0 saturated carbocycles. The Balaban J connectivity index is 2.47. The van der Waals surface area contributed by atoms with Crippen LogP contribution < -0.4 is 5.73 Å². The molecule has 0 saturated heterocycles. The third-order valence-corrected chi connectivity index (χ3v) is 2.59. The van der Waals surface area contributed by atoms with E-state index in [0.717, 1.165) is 10.9 Å². The van der Waals surface area contributed by atoms with Gasteiger partial charge in [-0.3, -0.25) is 4.68 Å². The second-order valence-electron chi connectivity index (χ2n) is 3.82. The number of rotatable bonds is 3. The van der Waals surface area contributed by atoms with E-state index in [0.29, 0.717) is 5.69 Å². The van der Waals surface area contributed by atoms with Crippen molar-refractivity contribution >= 4 is 10.9 Å². The van der Waals surface area contributed by atoms with E-state index < -0.39 is 12.5 Å². The van der Waals surface area contributed by atoms with Crippen LogP contribution in [0.5, 0.6) is 0 Å². The SMILES string of the molecule is Cn1nc2ccccc2c1CC(F)(F)CN. The lowest BCUT2D eigenvalue weighted by atomic mass is 10.1. The highest BCUT2D eigenvalue weighted by Crippen LogP contribution is 2.24. The highest BCUT2D eigenvalue weighted by atomic mass is 19.3. The van der Waals surface area contributed by atoms with Crippen LogP contribution in [0.2, 0.25) is 0 Å². The van der Waals surface area contributed by atoms with Crippen molar-refractivity contribution < 1.29 is 8.78 Å². The predicted octanol–water partition coefficient (Wildman–Crippen LogP) is 1.71. The molecule has 3 nitrogen and oxygen atoms in total. The van der Waals surface area contributed by atoms with Gasteiger partial charge in [-0.05, 0) is 6.07 Å². The van der Waals surface area contributed by atoms with Crippen molar-refractivity contribution in [3.63, 3.8) is 0 Å². The Morgan fingerprint density at radius 1 is 1.38 bits per heavy atom. The fraction of sp³-hybridized carbons (Fsp3) is 0.364. The van der Waals surface area contributed by atoms with E-state index in [9.17, 15) is 8.78 Å². The van der Waals surface area contributed by atoms with Crippen LogP contribution in [0, 0.1) is 0 Å². The summed E-state index contributed by atoms with van der Waals surface area (Å²) in [6.07, 6.45) is -0.374. The number of halogens is 2. The summed E-state index contributed by atoms with van der Waals surface area (Å²) < 4.78 is 28.0. The van der Waals surface area contributed by atoms with Gasteiger partial charge in [-0.15, -0.1) is 0 Å². The molecule has 86 valence electrons. The lowest BCUT2D eigenvalue weighted by molar-refractivity contribution is 0.01000. The van der Waals surface area contributed by atoms with Gasteiger partial charge < -0.3 is 5.73 Å².